The Labute approximate surface area is 99.0 Å². The summed E-state index contributed by atoms with van der Waals surface area (Å²) >= 11 is 0. The molecule has 1 fully saturated rings. The SMILES string of the molecule is C#CCNC(=O)C(C)NC1CCS(=O)CC1. The molecular weight excluding hydrogens is 224 g/mol. The third kappa shape index (κ3) is 4.33. The van der Waals surface area contributed by atoms with Crippen LogP contribution in [-0.4, -0.2) is 40.3 Å². The van der Waals surface area contributed by atoms with E-state index in [1.165, 1.54) is 0 Å². The maximum absolute atomic E-state index is 11.5. The molecular formula is C11H18N2O2S. The first-order chi connectivity index (χ1) is 7.63. The van der Waals surface area contributed by atoms with Crippen LogP contribution in [0.5, 0.6) is 0 Å². The van der Waals surface area contributed by atoms with Gasteiger partial charge >= 0.3 is 0 Å². The van der Waals surface area contributed by atoms with Gasteiger partial charge in [0.05, 0.1) is 12.6 Å². The van der Waals surface area contributed by atoms with Crippen molar-refractivity contribution in [1.82, 2.24) is 10.6 Å². The van der Waals surface area contributed by atoms with Crippen LogP contribution in [-0.2, 0) is 15.6 Å². The fourth-order valence-corrected chi connectivity index (χ4v) is 2.98. The van der Waals surface area contributed by atoms with Gasteiger partial charge in [-0.05, 0) is 19.8 Å². The van der Waals surface area contributed by atoms with Crippen molar-refractivity contribution in [3.05, 3.63) is 0 Å². The number of hydrogen-bond acceptors (Lipinski definition) is 3. The van der Waals surface area contributed by atoms with Crippen LogP contribution < -0.4 is 10.6 Å². The van der Waals surface area contributed by atoms with Crippen LogP contribution in [0.1, 0.15) is 19.8 Å². The van der Waals surface area contributed by atoms with Crippen molar-refractivity contribution < 1.29 is 9.00 Å². The van der Waals surface area contributed by atoms with Crippen LogP contribution >= 0.6 is 0 Å². The number of amides is 1. The third-order valence-corrected chi connectivity index (χ3v) is 4.01. The van der Waals surface area contributed by atoms with Crippen molar-refractivity contribution in [3.63, 3.8) is 0 Å². The van der Waals surface area contributed by atoms with Gasteiger partial charge < -0.3 is 10.6 Å². The first kappa shape index (κ1) is 13.2. The number of terminal acetylenes is 1. The van der Waals surface area contributed by atoms with Crippen molar-refractivity contribution in [2.45, 2.75) is 31.8 Å². The Balaban J connectivity index is 2.28. The molecule has 0 spiro atoms. The van der Waals surface area contributed by atoms with Gasteiger partial charge in [0.1, 0.15) is 0 Å². The summed E-state index contributed by atoms with van der Waals surface area (Å²) in [5.41, 5.74) is 0. The minimum atomic E-state index is -0.658. The normalized spacial score (nSPS) is 26.8. The van der Waals surface area contributed by atoms with Crippen LogP contribution in [0.2, 0.25) is 0 Å². The highest BCUT2D eigenvalue weighted by atomic mass is 32.2. The maximum atomic E-state index is 11.5. The van der Waals surface area contributed by atoms with Crippen LogP contribution in [0, 0.1) is 12.3 Å². The van der Waals surface area contributed by atoms with Gasteiger partial charge in [-0.25, -0.2) is 0 Å². The standard InChI is InChI=1S/C11H18N2O2S/c1-3-6-12-11(14)9(2)13-10-4-7-16(15)8-5-10/h1,9-10,13H,4-8H2,2H3,(H,12,14). The Bertz CT molecular complexity index is 302. The third-order valence-electron chi connectivity index (χ3n) is 2.63. The van der Waals surface area contributed by atoms with E-state index in [2.05, 4.69) is 16.6 Å². The number of rotatable bonds is 4. The Morgan fingerprint density at radius 1 is 1.56 bits per heavy atom. The van der Waals surface area contributed by atoms with Gasteiger partial charge in [-0.2, -0.15) is 0 Å². The van der Waals surface area contributed by atoms with Gasteiger partial charge in [0.2, 0.25) is 5.91 Å². The van der Waals surface area contributed by atoms with Crippen molar-refractivity contribution in [2.75, 3.05) is 18.1 Å². The second kappa shape index (κ2) is 6.66. The van der Waals surface area contributed by atoms with Crippen molar-refractivity contribution in [3.8, 4) is 12.3 Å². The number of carbonyl (C=O) groups is 1. The highest BCUT2D eigenvalue weighted by molar-refractivity contribution is 7.85. The fraction of sp³-hybridized carbons (Fsp3) is 0.727. The molecule has 1 unspecified atom stereocenters. The highest BCUT2D eigenvalue weighted by Crippen LogP contribution is 2.09. The quantitative estimate of drug-likeness (QED) is 0.661. The summed E-state index contributed by atoms with van der Waals surface area (Å²) in [4.78, 5) is 11.5. The molecule has 1 atom stereocenters. The Morgan fingerprint density at radius 2 is 2.19 bits per heavy atom. The lowest BCUT2D eigenvalue weighted by Gasteiger charge is -2.25. The van der Waals surface area contributed by atoms with Gasteiger partial charge in [0.15, 0.2) is 0 Å². The summed E-state index contributed by atoms with van der Waals surface area (Å²) in [6.45, 7) is 2.08. The zero-order chi connectivity index (χ0) is 12.0. The first-order valence-corrected chi connectivity index (χ1v) is 6.94. The average Bonchev–Trinajstić information content (AvgIpc) is 2.29. The van der Waals surface area contributed by atoms with E-state index >= 15 is 0 Å². The number of carbonyl (C=O) groups excluding carboxylic acids is 1. The lowest BCUT2D eigenvalue weighted by atomic mass is 10.1. The van der Waals surface area contributed by atoms with E-state index in [0.29, 0.717) is 6.04 Å². The summed E-state index contributed by atoms with van der Waals surface area (Å²) < 4.78 is 11.2. The van der Waals surface area contributed by atoms with Crippen LogP contribution in [0.3, 0.4) is 0 Å². The number of hydrogen-bond donors (Lipinski definition) is 2. The molecule has 4 nitrogen and oxygen atoms in total. The van der Waals surface area contributed by atoms with Crippen molar-refractivity contribution in [1.29, 1.82) is 0 Å². The van der Waals surface area contributed by atoms with Gasteiger partial charge in [-0.1, -0.05) is 5.92 Å². The smallest absolute Gasteiger partial charge is 0.237 e. The average molecular weight is 242 g/mol. The zero-order valence-corrected chi connectivity index (χ0v) is 10.3. The molecule has 2 N–H and O–H groups in total. The molecule has 1 rings (SSSR count). The molecule has 1 heterocycles. The van der Waals surface area contributed by atoms with E-state index in [-0.39, 0.29) is 18.5 Å². The molecule has 1 aliphatic rings. The molecule has 0 aliphatic carbocycles. The molecule has 1 aliphatic heterocycles. The molecule has 16 heavy (non-hydrogen) atoms. The van der Waals surface area contributed by atoms with Gasteiger partial charge in [0, 0.05) is 28.3 Å². The summed E-state index contributed by atoms with van der Waals surface area (Å²) in [7, 11) is -0.658. The van der Waals surface area contributed by atoms with Crippen LogP contribution in [0.15, 0.2) is 0 Å². The van der Waals surface area contributed by atoms with Crippen LogP contribution in [0.25, 0.3) is 0 Å². The van der Waals surface area contributed by atoms with Crippen LogP contribution in [0.4, 0.5) is 0 Å². The summed E-state index contributed by atoms with van der Waals surface area (Å²) in [5.74, 6) is 3.75. The lowest BCUT2D eigenvalue weighted by Crippen LogP contribution is -2.48. The van der Waals surface area contributed by atoms with E-state index in [1.807, 2.05) is 6.92 Å². The molecule has 5 heteroatoms. The Kier molecular flexibility index (Phi) is 5.50. The molecule has 0 radical (unpaired) electrons. The second-order valence-electron chi connectivity index (χ2n) is 3.93. The fourth-order valence-electron chi connectivity index (χ4n) is 1.68. The summed E-state index contributed by atoms with van der Waals surface area (Å²) in [6.07, 6.45) is 6.81. The van der Waals surface area contributed by atoms with E-state index < -0.39 is 10.8 Å². The summed E-state index contributed by atoms with van der Waals surface area (Å²) in [5, 5.41) is 5.87. The molecule has 1 amide bonds. The van der Waals surface area contributed by atoms with E-state index in [1.54, 1.807) is 0 Å². The first-order valence-electron chi connectivity index (χ1n) is 5.45. The van der Waals surface area contributed by atoms with Gasteiger partial charge in [-0.3, -0.25) is 9.00 Å². The molecule has 0 aromatic heterocycles. The molecule has 0 aromatic carbocycles. The molecule has 90 valence electrons. The lowest BCUT2D eigenvalue weighted by molar-refractivity contribution is -0.122. The molecule has 0 aromatic rings. The molecule has 0 bridgehead atoms. The monoisotopic (exact) mass is 242 g/mol. The number of nitrogens with one attached hydrogen (secondary N) is 2. The predicted octanol–water partition coefficient (Wildman–Crippen LogP) is -0.375. The minimum Gasteiger partial charge on any atom is -0.344 e. The van der Waals surface area contributed by atoms with Gasteiger partial charge in [-0.15, -0.1) is 6.42 Å². The van der Waals surface area contributed by atoms with E-state index in [4.69, 9.17) is 6.42 Å². The van der Waals surface area contributed by atoms with Crippen molar-refractivity contribution >= 4 is 16.7 Å². The molecule has 1 saturated heterocycles. The van der Waals surface area contributed by atoms with E-state index in [0.717, 1.165) is 24.3 Å². The molecule has 0 saturated carbocycles. The zero-order valence-electron chi connectivity index (χ0n) is 9.49. The Morgan fingerprint density at radius 3 is 2.75 bits per heavy atom. The van der Waals surface area contributed by atoms with Crippen molar-refractivity contribution in [2.24, 2.45) is 0 Å². The van der Waals surface area contributed by atoms with E-state index in [9.17, 15) is 9.00 Å². The topological polar surface area (TPSA) is 58.2 Å². The largest absolute Gasteiger partial charge is 0.344 e. The van der Waals surface area contributed by atoms with Gasteiger partial charge in [0.25, 0.3) is 0 Å². The second-order valence-corrected chi connectivity index (χ2v) is 5.63. The predicted molar refractivity (Wildman–Crippen MR) is 65.3 cm³/mol. The minimum absolute atomic E-state index is 0.0790. The Hall–Kier alpha value is -0.860. The highest BCUT2D eigenvalue weighted by Gasteiger charge is 2.21. The summed E-state index contributed by atoms with van der Waals surface area (Å²) in [6, 6.07) is 0.0502. The maximum Gasteiger partial charge on any atom is 0.237 e.